The van der Waals surface area contributed by atoms with Crippen LogP contribution < -0.4 is 16.5 Å². The molecule has 0 spiro atoms. The molecule has 0 aliphatic carbocycles. The number of thiocarbonyl (C=S) groups is 1. The lowest BCUT2D eigenvalue weighted by Crippen LogP contribution is -2.36. The maximum absolute atomic E-state index is 11.5. The minimum atomic E-state index is -0.287. The van der Waals surface area contributed by atoms with Crippen LogP contribution in [0.25, 0.3) is 0 Å². The van der Waals surface area contributed by atoms with Gasteiger partial charge < -0.3 is 20.8 Å². The summed E-state index contributed by atoms with van der Waals surface area (Å²) in [6, 6.07) is 0. The van der Waals surface area contributed by atoms with E-state index in [4.69, 9.17) is 22.7 Å². The van der Waals surface area contributed by atoms with Crippen molar-refractivity contribution in [2.45, 2.75) is 6.92 Å². The normalized spacial score (nSPS) is 15.2. The van der Waals surface area contributed by atoms with E-state index in [0.29, 0.717) is 37.5 Å². The van der Waals surface area contributed by atoms with Gasteiger partial charge >= 0.3 is 5.97 Å². The predicted molar refractivity (Wildman–Crippen MR) is 81.3 cm³/mol. The Labute approximate surface area is 123 Å². The van der Waals surface area contributed by atoms with Crippen molar-refractivity contribution >= 4 is 35.8 Å². The molecule has 1 rings (SSSR count). The number of rotatable bonds is 7. The molecule has 0 saturated heterocycles. The monoisotopic (exact) mass is 302 g/mol. The van der Waals surface area contributed by atoms with E-state index in [0.717, 1.165) is 0 Å². The summed E-state index contributed by atoms with van der Waals surface area (Å²) in [6.45, 7) is 3.90. The van der Waals surface area contributed by atoms with E-state index < -0.39 is 0 Å². The summed E-state index contributed by atoms with van der Waals surface area (Å²) in [5, 5.41) is 6.40. The molecule has 0 aromatic heterocycles. The van der Waals surface area contributed by atoms with Crippen LogP contribution in [-0.4, -0.2) is 42.2 Å². The summed E-state index contributed by atoms with van der Waals surface area (Å²) in [4.78, 5) is 11.8. The number of esters is 1. The molecule has 106 valence electrons. The van der Waals surface area contributed by atoms with Crippen molar-refractivity contribution in [1.82, 2.24) is 15.8 Å². The van der Waals surface area contributed by atoms with Crippen molar-refractivity contribution in [2.75, 3.05) is 26.2 Å². The molecular weight excluding hydrogens is 284 g/mol. The van der Waals surface area contributed by atoms with Gasteiger partial charge in [0.15, 0.2) is 0 Å². The smallest absolute Gasteiger partial charge is 0.336 e. The van der Waals surface area contributed by atoms with Crippen LogP contribution in [0.5, 0.6) is 0 Å². The Balaban J connectivity index is 2.36. The first-order valence-corrected chi connectivity index (χ1v) is 6.77. The Morgan fingerprint density at radius 3 is 3.11 bits per heavy atom. The predicted octanol–water partition coefficient (Wildman–Crippen LogP) is -0.0995. The summed E-state index contributed by atoms with van der Waals surface area (Å²) in [5.74, 6) is -0.287. The van der Waals surface area contributed by atoms with Gasteiger partial charge in [-0.1, -0.05) is 12.2 Å². The largest absolute Gasteiger partial charge is 0.463 e. The molecule has 0 amide bonds. The first-order valence-electron chi connectivity index (χ1n) is 5.84. The first-order chi connectivity index (χ1) is 9.08. The Morgan fingerprint density at radius 1 is 1.79 bits per heavy atom. The maximum atomic E-state index is 11.5. The fourth-order valence-corrected chi connectivity index (χ4v) is 1.91. The van der Waals surface area contributed by atoms with Crippen LogP contribution in [-0.2, 0) is 9.53 Å². The molecule has 4 N–H and O–H groups in total. The first kappa shape index (κ1) is 15.8. The minimum absolute atomic E-state index is 0.270. The molecule has 1 heterocycles. The fourth-order valence-electron chi connectivity index (χ4n) is 1.47. The Kier molecular flexibility index (Phi) is 6.68. The quantitative estimate of drug-likeness (QED) is 0.226. The lowest BCUT2D eigenvalue weighted by molar-refractivity contribution is -0.138. The second-order valence-corrected chi connectivity index (χ2v) is 4.43. The van der Waals surface area contributed by atoms with Crippen LogP contribution in [0.1, 0.15) is 6.92 Å². The number of thiol groups is 1. The number of nitrogens with two attached hydrogens (primary N) is 1. The summed E-state index contributed by atoms with van der Waals surface area (Å²) in [7, 11) is 0. The van der Waals surface area contributed by atoms with E-state index in [1.165, 1.54) is 5.41 Å². The van der Waals surface area contributed by atoms with E-state index in [1.54, 1.807) is 13.1 Å². The molecule has 0 unspecified atom stereocenters. The molecule has 0 radical (unpaired) electrons. The molecule has 0 saturated carbocycles. The average Bonchev–Trinajstić information content (AvgIpc) is 2.83. The van der Waals surface area contributed by atoms with Gasteiger partial charge in [-0.3, -0.25) is 0 Å². The van der Waals surface area contributed by atoms with Crippen LogP contribution in [0.3, 0.4) is 0 Å². The molecular formula is C11H18N4O2S2. The molecule has 0 bridgehead atoms. The third kappa shape index (κ3) is 5.09. The van der Waals surface area contributed by atoms with Crippen molar-refractivity contribution in [3.63, 3.8) is 0 Å². The highest BCUT2D eigenvalue weighted by Gasteiger charge is 2.18. The maximum Gasteiger partial charge on any atom is 0.336 e. The number of carbonyl (C=O) groups is 1. The summed E-state index contributed by atoms with van der Waals surface area (Å²) in [5.41, 5.74) is 9.78. The van der Waals surface area contributed by atoms with Crippen LogP contribution in [0.4, 0.5) is 0 Å². The third-order valence-electron chi connectivity index (χ3n) is 2.38. The highest BCUT2D eigenvalue weighted by Crippen LogP contribution is 2.06. The van der Waals surface area contributed by atoms with E-state index in [9.17, 15) is 4.79 Å². The molecule has 6 nitrogen and oxygen atoms in total. The van der Waals surface area contributed by atoms with Crippen LogP contribution in [0.2, 0.25) is 0 Å². The van der Waals surface area contributed by atoms with Crippen molar-refractivity contribution in [3.05, 3.63) is 22.9 Å². The summed E-state index contributed by atoms with van der Waals surface area (Å²) in [6.07, 6.45) is 1.74. The van der Waals surface area contributed by atoms with Crippen molar-refractivity contribution in [2.24, 2.45) is 5.73 Å². The fraction of sp³-hybridized carbons (Fsp3) is 0.455. The van der Waals surface area contributed by atoms with Crippen LogP contribution in [0.15, 0.2) is 22.9 Å². The molecule has 0 atom stereocenters. The van der Waals surface area contributed by atoms with Crippen molar-refractivity contribution in [1.29, 1.82) is 0 Å². The third-order valence-corrected chi connectivity index (χ3v) is 2.86. The lowest BCUT2D eigenvalue weighted by Gasteiger charge is -2.17. The number of hydrogen-bond donors (Lipinski definition) is 4. The SMILES string of the molecule is CCOC(=O)C1=CN(CCN/C(=C\S)C(N)=S)NC1. The molecule has 8 heteroatoms. The number of nitrogens with one attached hydrogen (secondary N) is 2. The summed E-state index contributed by atoms with van der Waals surface area (Å²) < 4.78 is 4.92. The van der Waals surface area contributed by atoms with Gasteiger partial charge in [0.1, 0.15) is 4.99 Å². The lowest BCUT2D eigenvalue weighted by atomic mass is 10.3. The molecule has 0 aromatic rings. The Hall–Kier alpha value is -1.25. The molecule has 0 aromatic carbocycles. The van der Waals surface area contributed by atoms with Gasteiger partial charge in [-0.2, -0.15) is 0 Å². The second kappa shape index (κ2) is 8.03. The zero-order valence-electron chi connectivity index (χ0n) is 10.7. The van der Waals surface area contributed by atoms with Gasteiger partial charge in [0.25, 0.3) is 0 Å². The standard InChI is InChI=1S/C11H18N4O2S2/c1-2-17-11(16)8-5-14-15(6-8)4-3-13-9(7-18)10(12)19/h6-7,13-14,18H,2-5H2,1H3,(H2,12,19)/b9-7-. The van der Waals surface area contributed by atoms with Crippen molar-refractivity contribution in [3.8, 4) is 0 Å². The number of hydrogen-bond acceptors (Lipinski definition) is 7. The van der Waals surface area contributed by atoms with Gasteiger partial charge in [-0.25, -0.2) is 10.2 Å². The molecule has 0 fully saturated rings. The van der Waals surface area contributed by atoms with Crippen LogP contribution in [0, 0.1) is 0 Å². The van der Waals surface area contributed by atoms with E-state index >= 15 is 0 Å². The van der Waals surface area contributed by atoms with E-state index in [2.05, 4.69) is 23.4 Å². The highest BCUT2D eigenvalue weighted by molar-refractivity contribution is 7.84. The highest BCUT2D eigenvalue weighted by atomic mass is 32.1. The Morgan fingerprint density at radius 2 is 2.53 bits per heavy atom. The van der Waals surface area contributed by atoms with Gasteiger partial charge in [0.2, 0.25) is 0 Å². The molecule has 1 aliphatic heterocycles. The van der Waals surface area contributed by atoms with Gasteiger partial charge in [-0.05, 0) is 12.3 Å². The average molecular weight is 302 g/mol. The second-order valence-electron chi connectivity index (χ2n) is 3.74. The Bertz CT molecular complexity index is 409. The van der Waals surface area contributed by atoms with Gasteiger partial charge in [0, 0.05) is 19.3 Å². The minimum Gasteiger partial charge on any atom is -0.463 e. The molecule has 1 aliphatic rings. The van der Waals surface area contributed by atoms with E-state index in [1.807, 2.05) is 5.01 Å². The van der Waals surface area contributed by atoms with Gasteiger partial charge in [-0.15, -0.1) is 12.6 Å². The van der Waals surface area contributed by atoms with Crippen molar-refractivity contribution < 1.29 is 9.53 Å². The number of hydrazine groups is 1. The molecule has 19 heavy (non-hydrogen) atoms. The topological polar surface area (TPSA) is 79.6 Å². The number of nitrogens with zero attached hydrogens (tertiary/aromatic N) is 1. The number of ether oxygens (including phenoxy) is 1. The number of carbonyl (C=O) groups excluding carboxylic acids is 1. The van der Waals surface area contributed by atoms with E-state index in [-0.39, 0.29) is 11.0 Å². The van der Waals surface area contributed by atoms with Gasteiger partial charge in [0.05, 0.1) is 24.4 Å². The zero-order valence-corrected chi connectivity index (χ0v) is 12.4. The van der Waals surface area contributed by atoms with Crippen LogP contribution >= 0.6 is 24.8 Å². The zero-order chi connectivity index (χ0) is 14.3. The summed E-state index contributed by atoms with van der Waals surface area (Å²) >= 11 is 8.85.